The molecule has 9 heteroatoms. The van der Waals surface area contributed by atoms with Crippen LogP contribution in [0.4, 0.5) is 0 Å². The summed E-state index contributed by atoms with van der Waals surface area (Å²) in [5.74, 6) is -0.104. The highest BCUT2D eigenvalue weighted by molar-refractivity contribution is 7.71. The van der Waals surface area contributed by atoms with Gasteiger partial charge in [-0.15, -0.1) is 0 Å². The molecule has 0 radical (unpaired) electrons. The van der Waals surface area contributed by atoms with Gasteiger partial charge in [0.05, 0.1) is 23.4 Å². The largest absolute Gasteiger partial charge is 0.343 e. The number of nitrogens with zero attached hydrogens (tertiary/aromatic N) is 4. The van der Waals surface area contributed by atoms with Gasteiger partial charge in [0.2, 0.25) is 11.1 Å². The zero-order valence-electron chi connectivity index (χ0n) is 11.3. The van der Waals surface area contributed by atoms with Crippen molar-refractivity contribution in [2.75, 3.05) is 6.61 Å². The van der Waals surface area contributed by atoms with Gasteiger partial charge < -0.3 is 9.47 Å². The average Bonchev–Trinajstić information content (AvgIpc) is 3.10. The van der Waals surface area contributed by atoms with E-state index in [1.165, 1.54) is 9.36 Å². The minimum atomic E-state index is -0.742. The van der Waals surface area contributed by atoms with Crippen molar-refractivity contribution in [3.05, 3.63) is 34.1 Å². The number of ketones is 1. The summed E-state index contributed by atoms with van der Waals surface area (Å²) in [6.07, 6.45) is -0.718. The molecule has 2 aliphatic heterocycles. The van der Waals surface area contributed by atoms with Gasteiger partial charge in [-0.3, -0.25) is 4.79 Å². The molecule has 2 bridgehead atoms. The summed E-state index contributed by atoms with van der Waals surface area (Å²) in [4.78, 5) is 11.9. The van der Waals surface area contributed by atoms with Crippen molar-refractivity contribution in [1.82, 2.24) is 19.8 Å². The molecule has 4 rings (SSSR count). The highest BCUT2D eigenvalue weighted by Gasteiger charge is 2.45. The predicted octanol–water partition coefficient (Wildman–Crippen LogP) is 1.71. The summed E-state index contributed by atoms with van der Waals surface area (Å²) >= 11 is 11.6. The van der Waals surface area contributed by atoms with E-state index in [0.29, 0.717) is 22.1 Å². The molecule has 2 fully saturated rings. The lowest BCUT2D eigenvalue weighted by Crippen LogP contribution is -2.37. The first-order chi connectivity index (χ1) is 10.6. The lowest BCUT2D eigenvalue weighted by atomic mass is 10.0. The van der Waals surface area contributed by atoms with Gasteiger partial charge in [0.25, 0.3) is 0 Å². The number of para-hydroxylation sites is 1. The van der Waals surface area contributed by atoms with Crippen LogP contribution in [-0.4, -0.2) is 44.6 Å². The van der Waals surface area contributed by atoms with Crippen molar-refractivity contribution in [3.8, 4) is 5.69 Å². The van der Waals surface area contributed by atoms with Gasteiger partial charge >= 0.3 is 0 Å². The normalized spacial score (nSPS) is 27.3. The fourth-order valence-electron chi connectivity index (χ4n) is 2.71. The predicted molar refractivity (Wildman–Crippen MR) is 78.5 cm³/mol. The minimum absolute atomic E-state index is 0.104. The first kappa shape index (κ1) is 14.0. The second-order valence-corrected chi connectivity index (χ2v) is 5.92. The lowest BCUT2D eigenvalue weighted by Gasteiger charge is -2.25. The third-order valence-corrected chi connectivity index (χ3v) is 4.49. The van der Waals surface area contributed by atoms with Crippen molar-refractivity contribution >= 4 is 29.6 Å². The van der Waals surface area contributed by atoms with E-state index >= 15 is 0 Å². The number of carbonyl (C=O) groups excluding carboxylic acids is 1. The molecule has 0 unspecified atom stereocenters. The molecule has 3 heterocycles. The lowest BCUT2D eigenvalue weighted by molar-refractivity contribution is -0.156. The second-order valence-electron chi connectivity index (χ2n) is 5.15. The number of Topliss-reactive ketones (excluding diaryl/α,β-unsaturated/α-hetero) is 1. The average molecular weight is 339 g/mol. The molecule has 0 aliphatic carbocycles. The van der Waals surface area contributed by atoms with Gasteiger partial charge in [-0.25, -0.2) is 4.68 Å². The molecule has 1 aromatic heterocycles. The second kappa shape index (κ2) is 5.24. The van der Waals surface area contributed by atoms with Crippen molar-refractivity contribution in [2.24, 2.45) is 0 Å². The Kier molecular flexibility index (Phi) is 3.33. The first-order valence-electron chi connectivity index (χ1n) is 6.74. The molecule has 0 amide bonds. The van der Waals surface area contributed by atoms with Crippen LogP contribution in [0.2, 0.25) is 5.02 Å². The van der Waals surface area contributed by atoms with Crippen LogP contribution in [0.3, 0.4) is 0 Å². The Labute approximate surface area is 135 Å². The molecule has 22 heavy (non-hydrogen) atoms. The van der Waals surface area contributed by atoms with Crippen LogP contribution in [0.1, 0.15) is 12.5 Å². The SMILES string of the molecule is O=C1C[C@H](n2nnn(-c3ccccc3Cl)c2=S)[C@@H]2CO[C@@H]1O2. The zero-order valence-corrected chi connectivity index (χ0v) is 12.8. The van der Waals surface area contributed by atoms with Gasteiger partial charge in [-0.1, -0.05) is 23.7 Å². The van der Waals surface area contributed by atoms with Crippen LogP contribution in [0.5, 0.6) is 0 Å². The number of carbonyl (C=O) groups is 1. The summed E-state index contributed by atoms with van der Waals surface area (Å²) in [5.41, 5.74) is 0.643. The maximum absolute atomic E-state index is 11.9. The number of ether oxygens (including phenoxy) is 2. The fraction of sp³-hybridized carbons (Fsp3) is 0.385. The molecule has 2 saturated heterocycles. The van der Waals surface area contributed by atoms with Gasteiger partial charge in [0, 0.05) is 6.42 Å². The van der Waals surface area contributed by atoms with Gasteiger partial charge in [0.1, 0.15) is 6.10 Å². The molecule has 2 aromatic rings. The minimum Gasteiger partial charge on any atom is -0.343 e. The van der Waals surface area contributed by atoms with E-state index in [-0.39, 0.29) is 24.3 Å². The van der Waals surface area contributed by atoms with Gasteiger partial charge in [0.15, 0.2) is 5.78 Å². The monoisotopic (exact) mass is 338 g/mol. The zero-order chi connectivity index (χ0) is 15.3. The van der Waals surface area contributed by atoms with E-state index in [9.17, 15) is 4.79 Å². The number of hydrogen-bond donors (Lipinski definition) is 0. The summed E-state index contributed by atoms with van der Waals surface area (Å²) in [5, 5.41) is 8.67. The molecular weight excluding hydrogens is 328 g/mol. The summed E-state index contributed by atoms with van der Waals surface area (Å²) in [6.45, 7) is 0.349. The van der Waals surface area contributed by atoms with Crippen molar-refractivity contribution in [1.29, 1.82) is 0 Å². The van der Waals surface area contributed by atoms with E-state index in [0.717, 1.165) is 0 Å². The molecule has 3 atom stereocenters. The van der Waals surface area contributed by atoms with Crippen LogP contribution >= 0.6 is 23.8 Å². The number of hydrogen-bond acceptors (Lipinski definition) is 6. The number of halogens is 1. The number of fused-ring (bicyclic) bond motifs is 2. The quantitative estimate of drug-likeness (QED) is 0.776. The highest BCUT2D eigenvalue weighted by Crippen LogP contribution is 2.32. The number of tetrazole rings is 1. The molecule has 2 aliphatic rings. The van der Waals surface area contributed by atoms with Gasteiger partial charge in [-0.05, 0) is 34.8 Å². The number of aromatic nitrogens is 4. The Balaban J connectivity index is 1.75. The molecule has 7 nitrogen and oxygen atoms in total. The van der Waals surface area contributed by atoms with E-state index in [2.05, 4.69) is 10.4 Å². The third kappa shape index (κ3) is 2.11. The molecule has 1 aromatic carbocycles. The number of benzene rings is 1. The Morgan fingerprint density at radius 2 is 2.14 bits per heavy atom. The molecule has 0 spiro atoms. The maximum atomic E-state index is 11.9. The molecule has 114 valence electrons. The van der Waals surface area contributed by atoms with Crippen molar-refractivity contribution in [3.63, 3.8) is 0 Å². The van der Waals surface area contributed by atoms with Crippen molar-refractivity contribution in [2.45, 2.75) is 24.9 Å². The summed E-state index contributed by atoms with van der Waals surface area (Å²) in [7, 11) is 0. The maximum Gasteiger partial charge on any atom is 0.221 e. The van der Waals surface area contributed by atoms with E-state index in [1.54, 1.807) is 12.1 Å². The highest BCUT2D eigenvalue weighted by atomic mass is 35.5. The fourth-order valence-corrected chi connectivity index (χ4v) is 3.23. The van der Waals surface area contributed by atoms with Crippen LogP contribution in [0, 0.1) is 4.77 Å². The van der Waals surface area contributed by atoms with Crippen LogP contribution in [0.15, 0.2) is 24.3 Å². The van der Waals surface area contributed by atoms with E-state index < -0.39 is 6.29 Å². The number of rotatable bonds is 2. The van der Waals surface area contributed by atoms with Crippen LogP contribution in [0.25, 0.3) is 5.69 Å². The third-order valence-electron chi connectivity index (χ3n) is 3.81. The summed E-state index contributed by atoms with van der Waals surface area (Å²) in [6, 6.07) is 6.90. The molecular formula is C13H11ClN4O3S. The van der Waals surface area contributed by atoms with Crippen LogP contribution < -0.4 is 0 Å². The Hall–Kier alpha value is -1.61. The summed E-state index contributed by atoms with van der Waals surface area (Å²) < 4.78 is 14.2. The first-order valence-corrected chi connectivity index (χ1v) is 7.53. The van der Waals surface area contributed by atoms with E-state index in [1.807, 2.05) is 12.1 Å². The molecule has 0 saturated carbocycles. The van der Waals surface area contributed by atoms with Crippen LogP contribution in [-0.2, 0) is 14.3 Å². The molecule has 0 N–H and O–H groups in total. The van der Waals surface area contributed by atoms with Crippen molar-refractivity contribution < 1.29 is 14.3 Å². The van der Waals surface area contributed by atoms with E-state index in [4.69, 9.17) is 33.3 Å². The Morgan fingerprint density at radius 3 is 2.95 bits per heavy atom. The Bertz CT molecular complexity index is 805. The topological polar surface area (TPSA) is 71.2 Å². The standard InChI is InChI=1S/C13H11ClN4O3S/c14-7-3-1-2-4-8(7)17-13(22)18(16-15-17)9-5-10(19)12-20-6-11(9)21-12/h1-4,9,11-12H,5-6H2/t9-,11-,12+/m0/s1. The Morgan fingerprint density at radius 1 is 1.32 bits per heavy atom. The smallest absolute Gasteiger partial charge is 0.221 e. The van der Waals surface area contributed by atoms with Gasteiger partial charge in [-0.2, -0.15) is 4.68 Å².